The molecule has 2 atom stereocenters. The van der Waals surface area contributed by atoms with Gasteiger partial charge in [0.1, 0.15) is 0 Å². The third kappa shape index (κ3) is 4.58. The van der Waals surface area contributed by atoms with Crippen molar-refractivity contribution >= 4 is 15.8 Å². The Bertz CT molecular complexity index is 900. The number of esters is 1. The van der Waals surface area contributed by atoms with Crippen molar-refractivity contribution in [3.8, 4) is 6.07 Å². The molecule has 0 N–H and O–H groups in total. The Morgan fingerprint density at radius 3 is 2.23 bits per heavy atom. The topological polar surface area (TPSA) is 84.2 Å². The number of carbonyl (C=O) groups is 1. The van der Waals surface area contributed by atoms with Gasteiger partial charge in [-0.2, -0.15) is 5.26 Å². The van der Waals surface area contributed by atoms with Crippen LogP contribution in [0.25, 0.3) is 0 Å². The van der Waals surface area contributed by atoms with E-state index in [2.05, 4.69) is 4.74 Å². The molecule has 2 rings (SSSR count). The maximum atomic E-state index is 13.0. The van der Waals surface area contributed by atoms with Crippen molar-refractivity contribution in [2.45, 2.75) is 22.5 Å². The minimum absolute atomic E-state index is 0.101. The first kappa shape index (κ1) is 19.4. The number of hydrogen-bond donors (Lipinski definition) is 0. The number of ether oxygens (including phenoxy) is 1. The molecule has 0 radical (unpaired) electrons. The van der Waals surface area contributed by atoms with Gasteiger partial charge in [0, 0.05) is 12.0 Å². The van der Waals surface area contributed by atoms with E-state index in [0.29, 0.717) is 5.56 Å². The molecular weight excluding hydrogens is 350 g/mol. The Morgan fingerprint density at radius 2 is 1.69 bits per heavy atom. The fourth-order valence-corrected chi connectivity index (χ4v) is 4.32. The van der Waals surface area contributed by atoms with Gasteiger partial charge in [-0.3, -0.25) is 0 Å². The van der Waals surface area contributed by atoms with Crippen LogP contribution in [0.4, 0.5) is 0 Å². The van der Waals surface area contributed by atoms with Gasteiger partial charge in [0.2, 0.25) is 0 Å². The monoisotopic (exact) mass is 369 g/mol. The fourth-order valence-electron chi connectivity index (χ4n) is 2.65. The SMILES string of the molecule is COC(=O)/C=C/C[C@@H](c1ccccc1)[C@H](C#N)S(=O)(=O)c1ccccc1. The van der Waals surface area contributed by atoms with E-state index in [-0.39, 0.29) is 11.3 Å². The zero-order valence-corrected chi connectivity index (χ0v) is 15.1. The number of sulfone groups is 1. The van der Waals surface area contributed by atoms with Gasteiger partial charge in [0.15, 0.2) is 15.1 Å². The van der Waals surface area contributed by atoms with E-state index >= 15 is 0 Å². The first-order chi connectivity index (χ1) is 12.5. The highest BCUT2D eigenvalue weighted by Crippen LogP contribution is 2.31. The van der Waals surface area contributed by atoms with Gasteiger partial charge in [-0.25, -0.2) is 13.2 Å². The van der Waals surface area contributed by atoms with Gasteiger partial charge < -0.3 is 4.74 Å². The molecule has 0 saturated carbocycles. The Morgan fingerprint density at radius 1 is 1.12 bits per heavy atom. The van der Waals surface area contributed by atoms with Crippen LogP contribution in [0, 0.1) is 11.3 Å². The Hall–Kier alpha value is -2.91. The lowest BCUT2D eigenvalue weighted by Gasteiger charge is -2.21. The number of carbonyl (C=O) groups excluding carboxylic acids is 1. The van der Waals surface area contributed by atoms with E-state index in [1.165, 1.54) is 31.4 Å². The molecule has 0 aliphatic heterocycles. The van der Waals surface area contributed by atoms with Gasteiger partial charge in [-0.15, -0.1) is 0 Å². The van der Waals surface area contributed by atoms with Crippen molar-refractivity contribution in [1.82, 2.24) is 0 Å². The molecular formula is C20H19NO4S. The van der Waals surface area contributed by atoms with Crippen LogP contribution in [0.5, 0.6) is 0 Å². The van der Waals surface area contributed by atoms with Crippen LogP contribution in [-0.2, 0) is 19.4 Å². The number of methoxy groups -OCH3 is 1. The van der Waals surface area contributed by atoms with Crippen LogP contribution < -0.4 is 0 Å². The predicted octanol–water partition coefficient (Wildman–Crippen LogP) is 3.26. The summed E-state index contributed by atoms with van der Waals surface area (Å²) in [7, 11) is -2.60. The molecule has 5 nitrogen and oxygen atoms in total. The molecule has 0 aromatic heterocycles. The molecule has 0 saturated heterocycles. The number of hydrogen-bond acceptors (Lipinski definition) is 5. The second kappa shape index (κ2) is 8.97. The average Bonchev–Trinajstić information content (AvgIpc) is 2.68. The summed E-state index contributed by atoms with van der Waals surface area (Å²) in [5, 5.41) is 8.38. The van der Waals surface area contributed by atoms with Crippen molar-refractivity contribution in [2.75, 3.05) is 7.11 Å². The number of allylic oxidation sites excluding steroid dienone is 1. The molecule has 26 heavy (non-hydrogen) atoms. The van der Waals surface area contributed by atoms with Crippen molar-refractivity contribution in [1.29, 1.82) is 5.26 Å². The number of nitriles is 1. The van der Waals surface area contributed by atoms with Crippen molar-refractivity contribution in [3.05, 3.63) is 78.4 Å². The molecule has 0 bridgehead atoms. The predicted molar refractivity (Wildman–Crippen MR) is 98.0 cm³/mol. The quantitative estimate of drug-likeness (QED) is 0.552. The second-order valence-electron chi connectivity index (χ2n) is 5.59. The largest absolute Gasteiger partial charge is 0.466 e. The van der Waals surface area contributed by atoms with Gasteiger partial charge in [-0.1, -0.05) is 54.6 Å². The summed E-state index contributed by atoms with van der Waals surface area (Å²) >= 11 is 0. The number of rotatable bonds is 7. The summed E-state index contributed by atoms with van der Waals surface area (Å²) in [5.41, 5.74) is 0.716. The van der Waals surface area contributed by atoms with Crippen LogP contribution in [0.15, 0.2) is 77.7 Å². The third-order valence-corrected chi connectivity index (χ3v) is 6.00. The van der Waals surface area contributed by atoms with Crippen molar-refractivity contribution < 1.29 is 17.9 Å². The van der Waals surface area contributed by atoms with Crippen LogP contribution in [0.2, 0.25) is 0 Å². The van der Waals surface area contributed by atoms with Gasteiger partial charge in [0.25, 0.3) is 0 Å². The van der Waals surface area contributed by atoms with E-state index in [1.54, 1.807) is 42.5 Å². The van der Waals surface area contributed by atoms with Crippen molar-refractivity contribution in [3.63, 3.8) is 0 Å². The molecule has 6 heteroatoms. The van der Waals surface area contributed by atoms with E-state index < -0.39 is 27.0 Å². The Kier molecular flexibility index (Phi) is 6.70. The lowest BCUT2D eigenvalue weighted by atomic mass is 9.92. The first-order valence-electron chi connectivity index (χ1n) is 7.98. The number of benzene rings is 2. The fraction of sp³-hybridized carbons (Fsp3) is 0.200. The summed E-state index contributed by atoms with van der Waals surface area (Å²) < 4.78 is 30.5. The highest BCUT2D eigenvalue weighted by atomic mass is 32.2. The van der Waals surface area contributed by atoms with E-state index in [9.17, 15) is 18.5 Å². The summed E-state index contributed by atoms with van der Waals surface area (Å²) in [6, 6.07) is 18.8. The van der Waals surface area contributed by atoms with Crippen molar-refractivity contribution in [2.24, 2.45) is 0 Å². The average molecular weight is 369 g/mol. The first-order valence-corrected chi connectivity index (χ1v) is 9.53. The van der Waals surface area contributed by atoms with Crippen LogP contribution >= 0.6 is 0 Å². The maximum absolute atomic E-state index is 13.0. The lowest BCUT2D eigenvalue weighted by Crippen LogP contribution is -2.27. The summed E-state index contributed by atoms with van der Waals surface area (Å²) in [6.07, 6.45) is 2.98. The molecule has 134 valence electrons. The van der Waals surface area contributed by atoms with Crippen LogP contribution in [-0.4, -0.2) is 26.7 Å². The lowest BCUT2D eigenvalue weighted by molar-refractivity contribution is -0.134. The normalized spacial score (nSPS) is 13.7. The Labute approximate surface area is 153 Å². The highest BCUT2D eigenvalue weighted by molar-refractivity contribution is 7.92. The smallest absolute Gasteiger partial charge is 0.330 e. The van der Waals surface area contributed by atoms with Crippen LogP contribution in [0.3, 0.4) is 0 Å². The molecule has 0 spiro atoms. The van der Waals surface area contributed by atoms with E-state index in [0.717, 1.165) is 0 Å². The minimum Gasteiger partial charge on any atom is -0.466 e. The van der Waals surface area contributed by atoms with Gasteiger partial charge in [-0.05, 0) is 24.1 Å². The minimum atomic E-state index is -3.87. The molecule has 0 heterocycles. The zero-order valence-electron chi connectivity index (χ0n) is 14.3. The van der Waals surface area contributed by atoms with Gasteiger partial charge >= 0.3 is 5.97 Å². The second-order valence-corrected chi connectivity index (χ2v) is 7.66. The molecule has 0 aliphatic carbocycles. The zero-order chi connectivity index (χ0) is 19.0. The molecule has 0 amide bonds. The molecule has 2 aromatic rings. The maximum Gasteiger partial charge on any atom is 0.330 e. The number of nitrogens with zero attached hydrogens (tertiary/aromatic N) is 1. The summed E-state index contributed by atoms with van der Waals surface area (Å²) in [4.78, 5) is 11.4. The molecule has 0 aliphatic rings. The van der Waals surface area contributed by atoms with E-state index in [4.69, 9.17) is 0 Å². The summed E-state index contributed by atoms with van der Waals surface area (Å²) in [6.45, 7) is 0. The molecule has 0 unspecified atom stereocenters. The molecule has 2 aromatic carbocycles. The van der Waals surface area contributed by atoms with Gasteiger partial charge in [0.05, 0.1) is 18.1 Å². The highest BCUT2D eigenvalue weighted by Gasteiger charge is 2.35. The van der Waals surface area contributed by atoms with E-state index in [1.807, 2.05) is 12.1 Å². The standard InChI is InChI=1S/C20H19NO4S/c1-25-20(22)14-8-13-18(16-9-4-2-5-10-16)19(15-21)26(23,24)17-11-6-3-7-12-17/h2-12,14,18-19H,13H2,1H3/b14-8+/t18-,19-/m0/s1. The Balaban J connectivity index is 2.43. The summed E-state index contributed by atoms with van der Waals surface area (Å²) in [5.74, 6) is -1.15. The van der Waals surface area contributed by atoms with Crippen LogP contribution in [0.1, 0.15) is 17.9 Å². The molecule has 0 fully saturated rings. The third-order valence-electron chi connectivity index (χ3n) is 3.97.